The number of rotatable bonds is 3. The minimum atomic E-state index is 0.489. The summed E-state index contributed by atoms with van der Waals surface area (Å²) in [6.45, 7) is 5.91. The zero-order valence-corrected chi connectivity index (χ0v) is 11.2. The number of benzene rings is 1. The van der Waals surface area contributed by atoms with E-state index in [9.17, 15) is 0 Å². The van der Waals surface area contributed by atoms with Gasteiger partial charge in [-0.25, -0.2) is 9.97 Å². The van der Waals surface area contributed by atoms with Gasteiger partial charge in [-0.3, -0.25) is 5.32 Å². The minimum Gasteiger partial charge on any atom is -0.340 e. The summed E-state index contributed by atoms with van der Waals surface area (Å²) in [5.74, 6) is 1.76. The van der Waals surface area contributed by atoms with Crippen molar-refractivity contribution in [1.29, 1.82) is 5.26 Å². The molecule has 0 aliphatic rings. The largest absolute Gasteiger partial charge is 0.340 e. The van der Waals surface area contributed by atoms with Gasteiger partial charge in [-0.05, 0) is 38.0 Å². The summed E-state index contributed by atoms with van der Waals surface area (Å²) >= 11 is 0. The van der Waals surface area contributed by atoms with Crippen molar-refractivity contribution in [3.63, 3.8) is 0 Å². The Bertz CT molecular complexity index is 643. The van der Waals surface area contributed by atoms with Crippen molar-refractivity contribution in [2.24, 2.45) is 0 Å². The van der Waals surface area contributed by atoms with E-state index < -0.39 is 0 Å². The van der Waals surface area contributed by atoms with Gasteiger partial charge < -0.3 is 5.32 Å². The Morgan fingerprint density at radius 2 is 1.84 bits per heavy atom. The van der Waals surface area contributed by atoms with E-state index in [4.69, 9.17) is 5.26 Å². The Morgan fingerprint density at radius 3 is 2.58 bits per heavy atom. The SMILES string of the molecule is Cc1nc(NC#N)cc(Nc2cccc(C)c2C)n1. The molecule has 0 spiro atoms. The summed E-state index contributed by atoms with van der Waals surface area (Å²) in [5, 5.41) is 14.4. The van der Waals surface area contributed by atoms with E-state index in [1.165, 1.54) is 11.1 Å². The first-order chi connectivity index (χ1) is 9.10. The van der Waals surface area contributed by atoms with Crippen LogP contribution in [0.4, 0.5) is 17.3 Å². The number of nitrogens with one attached hydrogen (secondary N) is 2. The molecule has 5 heteroatoms. The van der Waals surface area contributed by atoms with Gasteiger partial charge in [-0.2, -0.15) is 5.26 Å². The predicted molar refractivity (Wildman–Crippen MR) is 75.2 cm³/mol. The number of anilines is 3. The molecule has 0 bridgehead atoms. The first-order valence-electron chi connectivity index (χ1n) is 5.94. The molecule has 0 saturated heterocycles. The molecule has 0 unspecified atom stereocenters. The molecule has 0 saturated carbocycles. The second-order valence-electron chi connectivity index (χ2n) is 4.29. The van der Waals surface area contributed by atoms with Crippen LogP contribution in [0, 0.1) is 32.2 Å². The Kier molecular flexibility index (Phi) is 3.62. The maximum atomic E-state index is 8.63. The number of nitriles is 1. The van der Waals surface area contributed by atoms with Crippen molar-refractivity contribution in [3.05, 3.63) is 41.2 Å². The fraction of sp³-hybridized carbons (Fsp3) is 0.214. The molecule has 1 aromatic heterocycles. The van der Waals surface area contributed by atoms with Crippen LogP contribution in [0.15, 0.2) is 24.3 Å². The standard InChI is InChI=1S/C14H15N5/c1-9-5-4-6-12(10(9)2)19-14-7-13(16-8-15)17-11(3)18-14/h4-7H,1-3H3,(H2,16,17,18,19). The van der Waals surface area contributed by atoms with Crippen molar-refractivity contribution in [2.45, 2.75) is 20.8 Å². The van der Waals surface area contributed by atoms with E-state index in [-0.39, 0.29) is 0 Å². The molecule has 5 nitrogen and oxygen atoms in total. The Hall–Kier alpha value is -2.61. The average molecular weight is 253 g/mol. The van der Waals surface area contributed by atoms with Crippen LogP contribution in [-0.2, 0) is 0 Å². The predicted octanol–water partition coefficient (Wildman–Crippen LogP) is 3.04. The number of hydrogen-bond acceptors (Lipinski definition) is 5. The topological polar surface area (TPSA) is 73.6 Å². The second-order valence-corrected chi connectivity index (χ2v) is 4.29. The number of nitrogens with zero attached hydrogens (tertiary/aromatic N) is 3. The van der Waals surface area contributed by atoms with Gasteiger partial charge in [-0.15, -0.1) is 0 Å². The zero-order chi connectivity index (χ0) is 13.8. The van der Waals surface area contributed by atoms with E-state index in [2.05, 4.69) is 40.5 Å². The highest BCUT2D eigenvalue weighted by molar-refractivity contribution is 5.64. The van der Waals surface area contributed by atoms with Crippen LogP contribution in [0.5, 0.6) is 0 Å². The number of hydrogen-bond donors (Lipinski definition) is 2. The molecule has 2 rings (SSSR count). The van der Waals surface area contributed by atoms with Gasteiger partial charge in [0, 0.05) is 11.8 Å². The van der Waals surface area contributed by atoms with Crippen molar-refractivity contribution in [1.82, 2.24) is 9.97 Å². The lowest BCUT2D eigenvalue weighted by Gasteiger charge is -2.11. The number of aryl methyl sites for hydroxylation is 2. The minimum absolute atomic E-state index is 0.489. The molecule has 0 atom stereocenters. The molecular formula is C14H15N5. The highest BCUT2D eigenvalue weighted by atomic mass is 15.1. The molecule has 2 aromatic rings. The van der Waals surface area contributed by atoms with Crippen molar-refractivity contribution >= 4 is 17.3 Å². The Labute approximate surface area is 112 Å². The molecule has 0 aliphatic heterocycles. The summed E-state index contributed by atoms with van der Waals surface area (Å²) in [4.78, 5) is 8.43. The lowest BCUT2D eigenvalue weighted by atomic mass is 10.1. The van der Waals surface area contributed by atoms with Crippen molar-refractivity contribution < 1.29 is 0 Å². The molecule has 0 aliphatic carbocycles. The van der Waals surface area contributed by atoms with Crippen LogP contribution >= 0.6 is 0 Å². The molecule has 1 heterocycles. The summed E-state index contributed by atoms with van der Waals surface area (Å²) in [7, 11) is 0. The number of aromatic nitrogens is 2. The fourth-order valence-corrected chi connectivity index (χ4v) is 1.78. The zero-order valence-electron chi connectivity index (χ0n) is 11.2. The maximum Gasteiger partial charge on any atom is 0.182 e. The lowest BCUT2D eigenvalue weighted by Crippen LogP contribution is -2.02. The summed E-state index contributed by atoms with van der Waals surface area (Å²) < 4.78 is 0. The first-order valence-corrected chi connectivity index (χ1v) is 5.94. The van der Waals surface area contributed by atoms with E-state index in [1.54, 1.807) is 13.0 Å². The molecule has 2 N–H and O–H groups in total. The third-order valence-electron chi connectivity index (χ3n) is 2.89. The molecule has 96 valence electrons. The third-order valence-corrected chi connectivity index (χ3v) is 2.89. The fourth-order valence-electron chi connectivity index (χ4n) is 1.78. The summed E-state index contributed by atoms with van der Waals surface area (Å²) in [5.41, 5.74) is 3.39. The molecule has 0 fully saturated rings. The van der Waals surface area contributed by atoms with Gasteiger partial charge in [0.15, 0.2) is 6.19 Å². The highest BCUT2D eigenvalue weighted by Crippen LogP contribution is 2.22. The van der Waals surface area contributed by atoms with Gasteiger partial charge in [0.1, 0.15) is 17.5 Å². The highest BCUT2D eigenvalue weighted by Gasteiger charge is 2.05. The smallest absolute Gasteiger partial charge is 0.182 e. The van der Waals surface area contributed by atoms with Crippen LogP contribution in [0.3, 0.4) is 0 Å². The first kappa shape index (κ1) is 12.8. The van der Waals surface area contributed by atoms with Gasteiger partial charge in [0.05, 0.1) is 0 Å². The summed E-state index contributed by atoms with van der Waals surface area (Å²) in [6, 6.07) is 7.76. The summed E-state index contributed by atoms with van der Waals surface area (Å²) in [6.07, 6.45) is 1.85. The Balaban J connectivity index is 2.33. The van der Waals surface area contributed by atoms with Crippen LogP contribution in [0.2, 0.25) is 0 Å². The van der Waals surface area contributed by atoms with Gasteiger partial charge in [-0.1, -0.05) is 12.1 Å². The van der Waals surface area contributed by atoms with Gasteiger partial charge in [0.25, 0.3) is 0 Å². The van der Waals surface area contributed by atoms with Crippen LogP contribution in [-0.4, -0.2) is 9.97 Å². The average Bonchev–Trinajstić information content (AvgIpc) is 2.35. The van der Waals surface area contributed by atoms with E-state index in [1.807, 2.05) is 18.3 Å². The molecule has 19 heavy (non-hydrogen) atoms. The van der Waals surface area contributed by atoms with Crippen LogP contribution in [0.1, 0.15) is 17.0 Å². The quantitative estimate of drug-likeness (QED) is 0.649. The maximum absolute atomic E-state index is 8.63. The monoisotopic (exact) mass is 253 g/mol. The van der Waals surface area contributed by atoms with E-state index in [0.29, 0.717) is 17.5 Å². The van der Waals surface area contributed by atoms with Gasteiger partial charge in [0.2, 0.25) is 0 Å². The van der Waals surface area contributed by atoms with Crippen molar-refractivity contribution in [3.8, 4) is 6.19 Å². The molecule has 0 radical (unpaired) electrons. The van der Waals surface area contributed by atoms with Gasteiger partial charge >= 0.3 is 0 Å². The van der Waals surface area contributed by atoms with Crippen LogP contribution in [0.25, 0.3) is 0 Å². The van der Waals surface area contributed by atoms with E-state index in [0.717, 1.165) is 5.69 Å². The van der Waals surface area contributed by atoms with Crippen LogP contribution < -0.4 is 10.6 Å². The third kappa shape index (κ3) is 2.99. The Morgan fingerprint density at radius 1 is 1.11 bits per heavy atom. The molecular weight excluding hydrogens is 238 g/mol. The lowest BCUT2D eigenvalue weighted by molar-refractivity contribution is 1.06. The van der Waals surface area contributed by atoms with E-state index >= 15 is 0 Å². The molecule has 0 amide bonds. The second kappa shape index (κ2) is 5.36. The molecule has 1 aromatic carbocycles. The van der Waals surface area contributed by atoms with Crippen molar-refractivity contribution in [2.75, 3.05) is 10.6 Å². The normalized spacial score (nSPS) is 9.79.